The zero-order valence-electron chi connectivity index (χ0n) is 8.62. The third-order valence-corrected chi connectivity index (χ3v) is 3.47. The van der Waals surface area contributed by atoms with Gasteiger partial charge in [0.2, 0.25) is 0 Å². The first-order valence-electron chi connectivity index (χ1n) is 5.53. The number of piperazine rings is 1. The first kappa shape index (κ1) is 9.31. The van der Waals surface area contributed by atoms with Crippen molar-refractivity contribution in [2.75, 3.05) is 13.1 Å². The molecule has 0 saturated carbocycles. The van der Waals surface area contributed by atoms with Crippen LogP contribution in [0.1, 0.15) is 12.0 Å². The van der Waals surface area contributed by atoms with Crippen LogP contribution < -0.4 is 5.32 Å². The maximum Gasteiger partial charge on any atom is 0.123 e. The highest BCUT2D eigenvalue weighted by molar-refractivity contribution is 5.16. The van der Waals surface area contributed by atoms with Crippen LogP contribution in [0.4, 0.5) is 4.39 Å². The largest absolute Gasteiger partial charge is 0.311 e. The van der Waals surface area contributed by atoms with Crippen molar-refractivity contribution in [3.8, 4) is 0 Å². The van der Waals surface area contributed by atoms with Crippen molar-refractivity contribution in [2.45, 2.75) is 25.0 Å². The zero-order chi connectivity index (χ0) is 10.3. The summed E-state index contributed by atoms with van der Waals surface area (Å²) in [5.74, 6) is -0.150. The van der Waals surface area contributed by atoms with Crippen LogP contribution in [0.5, 0.6) is 0 Å². The highest BCUT2D eigenvalue weighted by Crippen LogP contribution is 2.24. The van der Waals surface area contributed by atoms with Crippen LogP contribution >= 0.6 is 0 Å². The fourth-order valence-electron chi connectivity index (χ4n) is 2.67. The Morgan fingerprint density at radius 3 is 2.73 bits per heavy atom. The molecule has 0 aromatic heterocycles. The van der Waals surface area contributed by atoms with E-state index in [-0.39, 0.29) is 5.82 Å². The quantitative estimate of drug-likeness (QED) is 0.786. The summed E-state index contributed by atoms with van der Waals surface area (Å²) in [7, 11) is 0. The second kappa shape index (κ2) is 3.58. The number of nitrogens with one attached hydrogen (secondary N) is 1. The van der Waals surface area contributed by atoms with Crippen molar-refractivity contribution >= 4 is 0 Å². The predicted octanol–water partition coefficient (Wildman–Crippen LogP) is 1.37. The Morgan fingerprint density at radius 2 is 2.13 bits per heavy atom. The lowest BCUT2D eigenvalue weighted by Crippen LogP contribution is -2.42. The first-order valence-corrected chi connectivity index (χ1v) is 5.53. The second-order valence-electron chi connectivity index (χ2n) is 4.55. The van der Waals surface area contributed by atoms with E-state index >= 15 is 0 Å². The van der Waals surface area contributed by atoms with Crippen molar-refractivity contribution in [1.29, 1.82) is 0 Å². The molecule has 0 spiro atoms. The number of hydrogen-bond acceptors (Lipinski definition) is 2. The lowest BCUT2D eigenvalue weighted by atomic mass is 10.2. The predicted molar refractivity (Wildman–Crippen MR) is 57.0 cm³/mol. The van der Waals surface area contributed by atoms with Gasteiger partial charge in [0.15, 0.2) is 0 Å². The van der Waals surface area contributed by atoms with Crippen LogP contribution in [-0.4, -0.2) is 30.1 Å². The summed E-state index contributed by atoms with van der Waals surface area (Å²) in [4.78, 5) is 2.49. The molecule has 0 unspecified atom stereocenters. The molecule has 2 aliphatic rings. The standard InChI is InChI=1S/C12H15FN2/c13-10-3-1-9(2-4-10)7-15-8-11-5-12(15)6-14-11/h1-4,11-12,14H,5-8H2/t11-,12+/m1/s1. The average molecular weight is 206 g/mol. The molecule has 0 aliphatic carbocycles. The van der Waals surface area contributed by atoms with Gasteiger partial charge in [-0.05, 0) is 24.1 Å². The topological polar surface area (TPSA) is 15.3 Å². The summed E-state index contributed by atoms with van der Waals surface area (Å²) in [5, 5.41) is 3.48. The molecule has 15 heavy (non-hydrogen) atoms. The molecule has 80 valence electrons. The average Bonchev–Trinajstić information content (AvgIpc) is 2.83. The molecule has 3 heteroatoms. The van der Waals surface area contributed by atoms with Gasteiger partial charge in [0.05, 0.1) is 0 Å². The number of nitrogens with zero attached hydrogens (tertiary/aromatic N) is 1. The van der Waals surface area contributed by atoms with Crippen LogP contribution in [0.2, 0.25) is 0 Å². The van der Waals surface area contributed by atoms with E-state index in [1.54, 1.807) is 12.1 Å². The van der Waals surface area contributed by atoms with Crippen LogP contribution in [0, 0.1) is 5.82 Å². The molecule has 0 radical (unpaired) electrons. The molecule has 2 fully saturated rings. The number of benzene rings is 1. The molecule has 2 bridgehead atoms. The van der Waals surface area contributed by atoms with Gasteiger partial charge in [0, 0.05) is 31.7 Å². The first-order chi connectivity index (χ1) is 7.31. The van der Waals surface area contributed by atoms with E-state index < -0.39 is 0 Å². The van der Waals surface area contributed by atoms with E-state index in [1.165, 1.54) is 12.0 Å². The molecule has 1 N–H and O–H groups in total. The van der Waals surface area contributed by atoms with Crippen molar-refractivity contribution in [1.82, 2.24) is 10.2 Å². The van der Waals surface area contributed by atoms with Crippen LogP contribution in [0.15, 0.2) is 24.3 Å². The summed E-state index contributed by atoms with van der Waals surface area (Å²) >= 11 is 0. The highest BCUT2D eigenvalue weighted by atomic mass is 19.1. The Balaban J connectivity index is 1.68. The fraction of sp³-hybridized carbons (Fsp3) is 0.500. The van der Waals surface area contributed by atoms with Crippen molar-refractivity contribution in [2.24, 2.45) is 0 Å². The zero-order valence-corrected chi connectivity index (χ0v) is 8.62. The minimum absolute atomic E-state index is 0.150. The van der Waals surface area contributed by atoms with Crippen molar-refractivity contribution in [3.05, 3.63) is 35.6 Å². The molecule has 2 aliphatic heterocycles. The Morgan fingerprint density at radius 1 is 1.33 bits per heavy atom. The highest BCUT2D eigenvalue weighted by Gasteiger charge is 2.37. The molecule has 1 aromatic carbocycles. The molecule has 2 atom stereocenters. The van der Waals surface area contributed by atoms with Gasteiger partial charge in [-0.3, -0.25) is 4.90 Å². The number of likely N-dealkylation sites (tertiary alicyclic amines) is 1. The van der Waals surface area contributed by atoms with E-state index in [0.29, 0.717) is 12.1 Å². The van der Waals surface area contributed by atoms with E-state index in [4.69, 9.17) is 0 Å². The summed E-state index contributed by atoms with van der Waals surface area (Å²) in [5.41, 5.74) is 1.21. The summed E-state index contributed by atoms with van der Waals surface area (Å²) in [6.45, 7) is 3.22. The van der Waals surface area contributed by atoms with Gasteiger partial charge in [-0.15, -0.1) is 0 Å². The number of fused-ring (bicyclic) bond motifs is 2. The van der Waals surface area contributed by atoms with Gasteiger partial charge in [0.1, 0.15) is 5.82 Å². The summed E-state index contributed by atoms with van der Waals surface area (Å²) in [6, 6.07) is 8.24. The SMILES string of the molecule is Fc1ccc(CN2C[C@H]3C[C@H]2CN3)cc1. The van der Waals surface area contributed by atoms with Crippen LogP contribution in [0.3, 0.4) is 0 Å². The van der Waals surface area contributed by atoms with E-state index in [2.05, 4.69) is 10.2 Å². The maximum absolute atomic E-state index is 12.7. The summed E-state index contributed by atoms with van der Waals surface area (Å²) in [6.07, 6.45) is 1.28. The maximum atomic E-state index is 12.7. The molecular weight excluding hydrogens is 191 g/mol. The van der Waals surface area contributed by atoms with Gasteiger partial charge in [-0.1, -0.05) is 12.1 Å². The Hall–Kier alpha value is -0.930. The van der Waals surface area contributed by atoms with E-state index in [9.17, 15) is 4.39 Å². The fourth-order valence-corrected chi connectivity index (χ4v) is 2.67. The molecule has 3 rings (SSSR count). The van der Waals surface area contributed by atoms with Gasteiger partial charge >= 0.3 is 0 Å². The number of hydrogen-bond donors (Lipinski definition) is 1. The van der Waals surface area contributed by atoms with Gasteiger partial charge in [-0.25, -0.2) is 4.39 Å². The van der Waals surface area contributed by atoms with Gasteiger partial charge in [0.25, 0.3) is 0 Å². The van der Waals surface area contributed by atoms with Crippen LogP contribution in [-0.2, 0) is 6.54 Å². The monoisotopic (exact) mass is 206 g/mol. The minimum Gasteiger partial charge on any atom is -0.311 e. The smallest absolute Gasteiger partial charge is 0.123 e. The van der Waals surface area contributed by atoms with E-state index in [1.807, 2.05) is 12.1 Å². The summed E-state index contributed by atoms with van der Waals surface area (Å²) < 4.78 is 12.7. The van der Waals surface area contributed by atoms with Crippen molar-refractivity contribution in [3.63, 3.8) is 0 Å². The minimum atomic E-state index is -0.150. The van der Waals surface area contributed by atoms with E-state index in [0.717, 1.165) is 19.6 Å². The molecule has 2 heterocycles. The second-order valence-corrected chi connectivity index (χ2v) is 4.55. The molecule has 2 nitrogen and oxygen atoms in total. The Bertz CT molecular complexity index is 349. The molecular formula is C12H15FN2. The molecule has 1 aromatic rings. The number of halogens is 1. The van der Waals surface area contributed by atoms with Gasteiger partial charge in [-0.2, -0.15) is 0 Å². The Kier molecular flexibility index (Phi) is 2.22. The molecule has 2 saturated heterocycles. The Labute approximate surface area is 89.1 Å². The third-order valence-electron chi connectivity index (χ3n) is 3.47. The molecule has 0 amide bonds. The third kappa shape index (κ3) is 1.77. The lowest BCUT2D eigenvalue weighted by Gasteiger charge is -2.27. The number of rotatable bonds is 2. The van der Waals surface area contributed by atoms with Crippen LogP contribution in [0.25, 0.3) is 0 Å². The normalized spacial score (nSPS) is 29.9. The van der Waals surface area contributed by atoms with Crippen molar-refractivity contribution < 1.29 is 4.39 Å². The lowest BCUT2D eigenvalue weighted by molar-refractivity contribution is 0.218. The van der Waals surface area contributed by atoms with Gasteiger partial charge < -0.3 is 5.32 Å².